The molecule has 2 aliphatic rings. The second-order valence-electron chi connectivity index (χ2n) is 9.82. The first kappa shape index (κ1) is 24.3. The molecule has 1 aliphatic heterocycles. The van der Waals surface area contributed by atoms with Crippen molar-refractivity contribution in [3.63, 3.8) is 0 Å². The van der Waals surface area contributed by atoms with Gasteiger partial charge in [0.25, 0.3) is 5.91 Å². The monoisotopic (exact) mass is 529 g/mol. The maximum Gasteiger partial charge on any atom is 0.255 e. The van der Waals surface area contributed by atoms with Crippen LogP contribution in [0.25, 0.3) is 22.3 Å². The Bertz CT molecular complexity index is 1620. The number of aromatic nitrogens is 4. The van der Waals surface area contributed by atoms with Crippen molar-refractivity contribution < 1.29 is 13.2 Å². The summed E-state index contributed by atoms with van der Waals surface area (Å²) in [5.74, 6) is 0.632. The third kappa shape index (κ3) is 4.23. The summed E-state index contributed by atoms with van der Waals surface area (Å²) in [6.07, 6.45) is 3.03. The van der Waals surface area contributed by atoms with E-state index in [2.05, 4.69) is 21.9 Å². The first-order valence-electron chi connectivity index (χ1n) is 12.4. The number of sulfonamides is 1. The average molecular weight is 530 g/mol. The number of hydrogen-bond acceptors (Lipinski definition) is 7. The molecule has 1 amide bonds. The largest absolute Gasteiger partial charge is 0.383 e. The topological polar surface area (TPSA) is 136 Å². The molecule has 0 bridgehead atoms. The molecule has 3 heterocycles. The fourth-order valence-corrected chi connectivity index (χ4v) is 6.70. The highest BCUT2D eigenvalue weighted by Gasteiger charge is 2.45. The minimum absolute atomic E-state index is 0.0695. The molecule has 1 saturated carbocycles. The van der Waals surface area contributed by atoms with Gasteiger partial charge in [-0.3, -0.25) is 4.79 Å². The van der Waals surface area contributed by atoms with Gasteiger partial charge in [-0.25, -0.2) is 23.1 Å². The standard InChI is InChI=1S/C27H27N7O3S/c1-2-38(36,37)33-14-19-12-22(13-20(19)15-33)34-26-23(25(28)29-16-30-26)24(32-34)17-8-10-18(11-9-17)27(35)31-21-6-4-3-5-7-21/h2-11,16,19-20,22H,1,12-15H2,(H,31,35)(H2,28,29,30). The van der Waals surface area contributed by atoms with E-state index in [-0.39, 0.29) is 23.8 Å². The summed E-state index contributed by atoms with van der Waals surface area (Å²) in [6.45, 7) is 4.43. The number of nitrogens with one attached hydrogen (secondary N) is 1. The number of anilines is 2. The van der Waals surface area contributed by atoms with Gasteiger partial charge in [-0.05, 0) is 48.9 Å². The van der Waals surface area contributed by atoms with Crippen LogP contribution in [0.1, 0.15) is 29.2 Å². The van der Waals surface area contributed by atoms with E-state index in [0.717, 1.165) is 29.5 Å². The van der Waals surface area contributed by atoms with Gasteiger partial charge in [0.05, 0.1) is 11.4 Å². The van der Waals surface area contributed by atoms with Crippen molar-refractivity contribution in [2.24, 2.45) is 11.8 Å². The Morgan fingerprint density at radius 1 is 1.03 bits per heavy atom. The Hall–Kier alpha value is -4.09. The molecule has 6 rings (SSSR count). The van der Waals surface area contributed by atoms with Gasteiger partial charge in [0.1, 0.15) is 17.8 Å². The van der Waals surface area contributed by atoms with Crippen LogP contribution in [0.4, 0.5) is 11.5 Å². The van der Waals surface area contributed by atoms with Gasteiger partial charge in [-0.1, -0.05) is 36.9 Å². The van der Waals surface area contributed by atoms with Crippen molar-refractivity contribution in [2.75, 3.05) is 24.1 Å². The number of amides is 1. The number of fused-ring (bicyclic) bond motifs is 2. The highest BCUT2D eigenvalue weighted by Crippen LogP contribution is 2.46. The number of hydrogen-bond donors (Lipinski definition) is 2. The van der Waals surface area contributed by atoms with Crippen LogP contribution in [0.3, 0.4) is 0 Å². The lowest BCUT2D eigenvalue weighted by Crippen LogP contribution is -2.28. The summed E-state index contributed by atoms with van der Waals surface area (Å²) in [7, 11) is -3.41. The summed E-state index contributed by atoms with van der Waals surface area (Å²) < 4.78 is 27.9. The highest BCUT2D eigenvalue weighted by atomic mass is 32.2. The minimum atomic E-state index is -3.41. The maximum absolute atomic E-state index is 12.7. The fourth-order valence-electron chi connectivity index (χ4n) is 5.69. The number of para-hydroxylation sites is 1. The SMILES string of the molecule is C=CS(=O)(=O)N1CC2CC(n3nc(-c4ccc(C(=O)Nc5ccccc5)cc4)c4c(N)ncnc43)CC2C1. The van der Waals surface area contributed by atoms with Crippen molar-refractivity contribution in [2.45, 2.75) is 18.9 Å². The van der Waals surface area contributed by atoms with E-state index in [0.29, 0.717) is 41.2 Å². The first-order valence-corrected chi connectivity index (χ1v) is 13.9. The van der Waals surface area contributed by atoms with Crippen molar-refractivity contribution in [1.29, 1.82) is 0 Å². The minimum Gasteiger partial charge on any atom is -0.383 e. The molecule has 4 aromatic rings. The molecule has 0 radical (unpaired) electrons. The molecule has 2 atom stereocenters. The molecule has 0 spiro atoms. The number of carbonyl (C=O) groups excluding carboxylic acids is 1. The number of nitrogen functional groups attached to an aromatic ring is 1. The Labute approximate surface area is 220 Å². The van der Waals surface area contributed by atoms with Crippen molar-refractivity contribution >= 4 is 38.5 Å². The lowest BCUT2D eigenvalue weighted by Gasteiger charge is -2.17. The predicted octanol–water partition coefficient (Wildman–Crippen LogP) is 3.68. The van der Waals surface area contributed by atoms with Crippen LogP contribution < -0.4 is 11.1 Å². The number of nitrogens with zero attached hydrogens (tertiary/aromatic N) is 5. The van der Waals surface area contributed by atoms with Crippen LogP contribution in [0, 0.1) is 11.8 Å². The highest BCUT2D eigenvalue weighted by molar-refractivity contribution is 7.92. The van der Waals surface area contributed by atoms with Gasteiger partial charge >= 0.3 is 0 Å². The third-order valence-corrected chi connectivity index (χ3v) is 9.02. The zero-order valence-corrected chi connectivity index (χ0v) is 21.4. The summed E-state index contributed by atoms with van der Waals surface area (Å²) in [6, 6.07) is 16.6. The summed E-state index contributed by atoms with van der Waals surface area (Å²) in [5.41, 5.74) is 9.64. The maximum atomic E-state index is 12.7. The lowest BCUT2D eigenvalue weighted by atomic mass is 10.0. The first-order chi connectivity index (χ1) is 18.3. The summed E-state index contributed by atoms with van der Waals surface area (Å²) in [4.78, 5) is 21.4. The van der Waals surface area contributed by atoms with E-state index >= 15 is 0 Å². The van der Waals surface area contributed by atoms with E-state index in [4.69, 9.17) is 10.8 Å². The van der Waals surface area contributed by atoms with Gasteiger partial charge < -0.3 is 11.1 Å². The predicted molar refractivity (Wildman–Crippen MR) is 146 cm³/mol. The summed E-state index contributed by atoms with van der Waals surface area (Å²) >= 11 is 0. The van der Waals surface area contributed by atoms with Crippen LogP contribution in [-0.4, -0.2) is 51.5 Å². The van der Waals surface area contributed by atoms with Crippen LogP contribution in [0.2, 0.25) is 0 Å². The van der Waals surface area contributed by atoms with Gasteiger partial charge in [-0.15, -0.1) is 0 Å². The second-order valence-corrected chi connectivity index (χ2v) is 11.7. The molecule has 194 valence electrons. The fraction of sp³-hybridized carbons (Fsp3) is 0.259. The molecule has 2 aromatic carbocycles. The molecular weight excluding hydrogens is 502 g/mol. The Balaban J connectivity index is 1.27. The van der Waals surface area contributed by atoms with E-state index in [1.165, 1.54) is 10.6 Å². The lowest BCUT2D eigenvalue weighted by molar-refractivity contribution is 0.102. The zero-order valence-electron chi connectivity index (χ0n) is 20.6. The molecule has 1 aliphatic carbocycles. The molecule has 11 heteroatoms. The van der Waals surface area contributed by atoms with E-state index in [1.54, 1.807) is 12.1 Å². The smallest absolute Gasteiger partial charge is 0.255 e. The molecule has 3 N–H and O–H groups in total. The normalized spacial score (nSPS) is 21.4. The number of nitrogens with two attached hydrogens (primary N) is 1. The van der Waals surface area contributed by atoms with E-state index in [9.17, 15) is 13.2 Å². The molecule has 2 fully saturated rings. The molecular formula is C27H27N7O3S. The Kier molecular flexibility index (Phi) is 5.96. The van der Waals surface area contributed by atoms with Crippen molar-refractivity contribution in [3.8, 4) is 11.3 Å². The summed E-state index contributed by atoms with van der Waals surface area (Å²) in [5, 5.41) is 9.52. The molecule has 2 unspecified atom stereocenters. The van der Waals surface area contributed by atoms with Crippen LogP contribution in [0.5, 0.6) is 0 Å². The quantitative estimate of drug-likeness (QED) is 0.389. The zero-order chi connectivity index (χ0) is 26.4. The molecule has 10 nitrogen and oxygen atoms in total. The molecule has 2 aromatic heterocycles. The van der Waals surface area contributed by atoms with E-state index in [1.807, 2.05) is 47.1 Å². The van der Waals surface area contributed by atoms with Crippen LogP contribution >= 0.6 is 0 Å². The van der Waals surface area contributed by atoms with Crippen molar-refractivity contribution in [3.05, 3.63) is 78.5 Å². The van der Waals surface area contributed by atoms with Crippen molar-refractivity contribution in [1.82, 2.24) is 24.1 Å². The second kappa shape index (κ2) is 9.34. The van der Waals surface area contributed by atoms with Gasteiger partial charge in [0, 0.05) is 35.3 Å². The average Bonchev–Trinajstić information content (AvgIpc) is 3.62. The van der Waals surface area contributed by atoms with Gasteiger partial charge in [0.2, 0.25) is 10.0 Å². The third-order valence-electron chi connectivity index (χ3n) is 7.58. The number of rotatable bonds is 6. The Morgan fingerprint density at radius 2 is 1.71 bits per heavy atom. The number of carbonyl (C=O) groups is 1. The number of benzene rings is 2. The van der Waals surface area contributed by atoms with Crippen LogP contribution in [-0.2, 0) is 10.0 Å². The van der Waals surface area contributed by atoms with Crippen LogP contribution in [0.15, 0.2) is 72.9 Å². The van der Waals surface area contributed by atoms with E-state index < -0.39 is 10.0 Å². The molecule has 38 heavy (non-hydrogen) atoms. The Morgan fingerprint density at radius 3 is 2.37 bits per heavy atom. The van der Waals surface area contributed by atoms with Gasteiger partial charge in [-0.2, -0.15) is 9.40 Å². The van der Waals surface area contributed by atoms with Gasteiger partial charge in [0.15, 0.2) is 5.65 Å². The molecule has 1 saturated heterocycles.